The Morgan fingerprint density at radius 3 is 2.62 bits per heavy atom. The Bertz CT molecular complexity index is 539. The van der Waals surface area contributed by atoms with Gasteiger partial charge in [0.2, 0.25) is 0 Å². The third-order valence-electron chi connectivity index (χ3n) is 3.96. The maximum atomic E-state index is 12.6. The molecule has 1 aromatic rings. The fourth-order valence-electron chi connectivity index (χ4n) is 3.04. The van der Waals surface area contributed by atoms with Crippen LogP contribution >= 0.6 is 12.4 Å². The Kier molecular flexibility index (Phi) is 5.98. The summed E-state index contributed by atoms with van der Waals surface area (Å²) >= 11 is 0. The summed E-state index contributed by atoms with van der Waals surface area (Å²) < 4.78 is 0. The summed E-state index contributed by atoms with van der Waals surface area (Å²) in [6.07, 6.45) is 2.57. The lowest BCUT2D eigenvalue weighted by molar-refractivity contribution is 0.0702. The number of carbonyl (C=O) groups excluding carboxylic acids is 2. The highest BCUT2D eigenvalue weighted by Gasteiger charge is 2.27. The number of rotatable bonds is 3. The summed E-state index contributed by atoms with van der Waals surface area (Å²) in [6, 6.07) is 0.0566. The Labute approximate surface area is 131 Å². The number of carbonyl (C=O) groups is 2. The zero-order valence-corrected chi connectivity index (χ0v) is 13.7. The first-order chi connectivity index (χ1) is 9.45. The van der Waals surface area contributed by atoms with Crippen LogP contribution in [0.4, 0.5) is 0 Å². The molecule has 5 nitrogen and oxygen atoms in total. The number of amides is 1. The highest BCUT2D eigenvalue weighted by atomic mass is 35.5. The molecule has 0 radical (unpaired) electrons. The van der Waals surface area contributed by atoms with Crippen LogP contribution in [0.25, 0.3) is 0 Å². The molecule has 1 aliphatic heterocycles. The number of aryl methyl sites for hydroxylation is 1. The quantitative estimate of drug-likeness (QED) is 0.838. The van der Waals surface area contributed by atoms with E-state index in [2.05, 4.69) is 4.98 Å². The normalized spacial score (nSPS) is 18.3. The maximum absolute atomic E-state index is 12.6. The third kappa shape index (κ3) is 3.47. The van der Waals surface area contributed by atoms with Crippen molar-refractivity contribution in [2.75, 3.05) is 13.1 Å². The van der Waals surface area contributed by atoms with Crippen LogP contribution in [0.3, 0.4) is 0 Å². The van der Waals surface area contributed by atoms with Gasteiger partial charge in [0, 0.05) is 30.4 Å². The van der Waals surface area contributed by atoms with E-state index in [0.29, 0.717) is 24.2 Å². The monoisotopic (exact) mass is 313 g/mol. The first-order valence-electron chi connectivity index (χ1n) is 7.22. The summed E-state index contributed by atoms with van der Waals surface area (Å²) in [5.41, 5.74) is 8.77. The van der Waals surface area contributed by atoms with Crippen molar-refractivity contribution < 1.29 is 9.59 Å². The van der Waals surface area contributed by atoms with Crippen LogP contribution in [0.15, 0.2) is 0 Å². The lowest BCUT2D eigenvalue weighted by Crippen LogP contribution is -2.46. The minimum Gasteiger partial charge on any atom is -0.354 e. The number of hydrogen-bond acceptors (Lipinski definition) is 3. The molecule has 6 heteroatoms. The van der Waals surface area contributed by atoms with Crippen molar-refractivity contribution in [2.24, 2.45) is 5.73 Å². The molecule has 1 aromatic heterocycles. The van der Waals surface area contributed by atoms with Gasteiger partial charge in [-0.1, -0.05) is 6.92 Å². The minimum absolute atomic E-state index is 0. The zero-order chi connectivity index (χ0) is 14.9. The zero-order valence-electron chi connectivity index (χ0n) is 12.9. The highest BCUT2D eigenvalue weighted by Crippen LogP contribution is 2.22. The Morgan fingerprint density at radius 2 is 2.10 bits per heavy atom. The van der Waals surface area contributed by atoms with E-state index in [9.17, 15) is 9.59 Å². The van der Waals surface area contributed by atoms with E-state index in [4.69, 9.17) is 5.73 Å². The average molecular weight is 314 g/mol. The topological polar surface area (TPSA) is 79.2 Å². The molecule has 0 spiro atoms. The summed E-state index contributed by atoms with van der Waals surface area (Å²) in [6.45, 7) is 6.68. The summed E-state index contributed by atoms with van der Waals surface area (Å²) in [7, 11) is 0. The molecular weight excluding hydrogens is 290 g/mol. The van der Waals surface area contributed by atoms with Crippen LogP contribution in [0.2, 0.25) is 0 Å². The maximum Gasteiger partial charge on any atom is 0.270 e. The largest absolute Gasteiger partial charge is 0.354 e. The number of ketones is 1. The molecule has 118 valence electrons. The highest BCUT2D eigenvalue weighted by molar-refractivity contribution is 6.02. The van der Waals surface area contributed by atoms with E-state index in [1.165, 1.54) is 0 Å². The van der Waals surface area contributed by atoms with E-state index < -0.39 is 0 Å². The number of aromatic amines is 1. The van der Waals surface area contributed by atoms with Crippen LogP contribution in [-0.2, 0) is 6.42 Å². The number of likely N-dealkylation sites (tertiary alicyclic amines) is 1. The molecule has 0 aliphatic carbocycles. The van der Waals surface area contributed by atoms with Crippen LogP contribution in [0.1, 0.15) is 58.8 Å². The number of nitrogens with zero attached hydrogens (tertiary/aromatic N) is 1. The Hall–Kier alpha value is -1.33. The van der Waals surface area contributed by atoms with Gasteiger partial charge in [-0.2, -0.15) is 0 Å². The smallest absolute Gasteiger partial charge is 0.270 e. The first-order valence-corrected chi connectivity index (χ1v) is 7.22. The first kappa shape index (κ1) is 17.7. The second kappa shape index (κ2) is 7.09. The van der Waals surface area contributed by atoms with Crippen molar-refractivity contribution in [2.45, 2.75) is 46.1 Å². The minimum atomic E-state index is -0.0346. The van der Waals surface area contributed by atoms with Gasteiger partial charge in [0.05, 0.1) is 0 Å². The number of Topliss-reactive ketones (excluding diaryl/α,β-unsaturated/α-hetero) is 1. The van der Waals surface area contributed by atoms with Gasteiger partial charge in [0.1, 0.15) is 5.69 Å². The van der Waals surface area contributed by atoms with Crippen molar-refractivity contribution in [3.8, 4) is 0 Å². The van der Waals surface area contributed by atoms with Gasteiger partial charge in [0.15, 0.2) is 5.78 Å². The fourth-order valence-corrected chi connectivity index (χ4v) is 3.04. The molecule has 1 aliphatic rings. The molecule has 1 fully saturated rings. The van der Waals surface area contributed by atoms with Gasteiger partial charge < -0.3 is 15.6 Å². The molecule has 1 amide bonds. The Balaban J connectivity index is 0.00000220. The third-order valence-corrected chi connectivity index (χ3v) is 3.96. The summed E-state index contributed by atoms with van der Waals surface area (Å²) in [5.74, 6) is -0.0300. The molecule has 0 bridgehead atoms. The van der Waals surface area contributed by atoms with Crippen LogP contribution < -0.4 is 5.73 Å². The molecule has 3 N–H and O–H groups in total. The van der Waals surface area contributed by atoms with Crippen LogP contribution in [-0.4, -0.2) is 40.7 Å². The molecular formula is C15H24ClN3O2. The summed E-state index contributed by atoms with van der Waals surface area (Å²) in [4.78, 5) is 29.3. The molecule has 0 aromatic carbocycles. The van der Waals surface area contributed by atoms with Crippen molar-refractivity contribution in [1.82, 2.24) is 9.88 Å². The van der Waals surface area contributed by atoms with E-state index in [-0.39, 0.29) is 30.1 Å². The van der Waals surface area contributed by atoms with Crippen molar-refractivity contribution >= 4 is 24.1 Å². The predicted octanol–water partition coefficient (Wildman–Crippen LogP) is 2.07. The molecule has 1 unspecified atom stereocenters. The second-order valence-electron chi connectivity index (χ2n) is 5.54. The van der Waals surface area contributed by atoms with E-state index >= 15 is 0 Å². The van der Waals surface area contributed by atoms with Gasteiger partial charge >= 0.3 is 0 Å². The molecule has 21 heavy (non-hydrogen) atoms. The second-order valence-corrected chi connectivity index (χ2v) is 5.54. The van der Waals surface area contributed by atoms with Crippen LogP contribution in [0, 0.1) is 6.92 Å². The van der Waals surface area contributed by atoms with E-state index in [1.807, 2.05) is 13.8 Å². The number of piperidine rings is 1. The molecule has 0 saturated carbocycles. The average Bonchev–Trinajstić information content (AvgIpc) is 2.74. The van der Waals surface area contributed by atoms with Crippen molar-refractivity contribution in [3.63, 3.8) is 0 Å². The number of aromatic nitrogens is 1. The van der Waals surface area contributed by atoms with Gasteiger partial charge in [-0.3, -0.25) is 9.59 Å². The van der Waals surface area contributed by atoms with Gasteiger partial charge in [-0.25, -0.2) is 0 Å². The van der Waals surface area contributed by atoms with Gasteiger partial charge in [-0.05, 0) is 38.7 Å². The number of H-pyrrole nitrogens is 1. The number of hydrogen-bond donors (Lipinski definition) is 2. The van der Waals surface area contributed by atoms with Crippen molar-refractivity contribution in [1.29, 1.82) is 0 Å². The van der Waals surface area contributed by atoms with Crippen LogP contribution in [0.5, 0.6) is 0 Å². The summed E-state index contributed by atoms with van der Waals surface area (Å²) in [5, 5.41) is 0. The van der Waals surface area contributed by atoms with Gasteiger partial charge in [0.25, 0.3) is 5.91 Å². The molecule has 2 rings (SSSR count). The standard InChI is InChI=1S/C15H23N3O2.ClH/c1-4-12-13(10(3)19)9(2)17-14(12)15(20)18-7-5-6-11(16)8-18;/h11,17H,4-8,16H2,1-3H3;1H. The van der Waals surface area contributed by atoms with Crippen molar-refractivity contribution in [3.05, 3.63) is 22.5 Å². The SMILES string of the molecule is CCc1c(C(=O)N2CCCC(N)C2)[nH]c(C)c1C(C)=O.Cl. The molecule has 1 saturated heterocycles. The molecule has 2 heterocycles. The number of nitrogens with two attached hydrogens (primary N) is 1. The number of nitrogens with one attached hydrogen (secondary N) is 1. The fraction of sp³-hybridized carbons (Fsp3) is 0.600. The van der Waals surface area contributed by atoms with E-state index in [0.717, 1.165) is 30.6 Å². The number of halogens is 1. The molecule has 1 atom stereocenters. The Morgan fingerprint density at radius 1 is 1.43 bits per heavy atom. The van der Waals surface area contributed by atoms with Gasteiger partial charge in [-0.15, -0.1) is 12.4 Å². The predicted molar refractivity (Wildman–Crippen MR) is 85.3 cm³/mol. The van der Waals surface area contributed by atoms with E-state index in [1.54, 1.807) is 11.8 Å². The lowest BCUT2D eigenvalue weighted by atomic mass is 10.0. The lowest BCUT2D eigenvalue weighted by Gasteiger charge is -2.30.